The molecule has 138 valence electrons. The van der Waals surface area contributed by atoms with E-state index in [9.17, 15) is 4.79 Å². The predicted molar refractivity (Wildman–Crippen MR) is 105 cm³/mol. The van der Waals surface area contributed by atoms with E-state index in [1.54, 1.807) is 11.3 Å². The molecule has 1 aromatic rings. The van der Waals surface area contributed by atoms with Gasteiger partial charge in [-0.25, -0.2) is 4.79 Å². The van der Waals surface area contributed by atoms with Gasteiger partial charge in [0.2, 0.25) is 0 Å². The van der Waals surface area contributed by atoms with Crippen molar-refractivity contribution in [3.05, 3.63) is 16.0 Å². The number of fused-ring (bicyclic) bond motifs is 1. The third-order valence-corrected chi connectivity index (χ3v) is 6.40. The molecule has 25 heavy (non-hydrogen) atoms. The smallest absolute Gasteiger partial charge is 0.341 e. The van der Waals surface area contributed by atoms with Gasteiger partial charge in [-0.1, -0.05) is 6.92 Å². The van der Waals surface area contributed by atoms with Gasteiger partial charge in [0, 0.05) is 11.5 Å². The Morgan fingerprint density at radius 2 is 2.24 bits per heavy atom. The summed E-state index contributed by atoms with van der Waals surface area (Å²) >= 11 is 7.10. The van der Waals surface area contributed by atoms with Crippen LogP contribution in [0.25, 0.3) is 0 Å². The summed E-state index contributed by atoms with van der Waals surface area (Å²) in [7, 11) is 1.43. The van der Waals surface area contributed by atoms with Gasteiger partial charge >= 0.3 is 5.97 Å². The van der Waals surface area contributed by atoms with E-state index in [0.29, 0.717) is 16.6 Å². The minimum Gasteiger partial charge on any atom is -0.465 e. The highest BCUT2D eigenvalue weighted by molar-refractivity contribution is 7.80. The van der Waals surface area contributed by atoms with Gasteiger partial charge in [-0.3, -0.25) is 0 Å². The Bertz CT molecular complexity index is 653. The van der Waals surface area contributed by atoms with Gasteiger partial charge in [0.05, 0.1) is 24.8 Å². The molecule has 1 aliphatic carbocycles. The van der Waals surface area contributed by atoms with Crippen molar-refractivity contribution in [1.29, 1.82) is 0 Å². The van der Waals surface area contributed by atoms with Gasteiger partial charge in [-0.05, 0) is 62.7 Å². The molecule has 1 aromatic heterocycles. The predicted octanol–water partition coefficient (Wildman–Crippen LogP) is 3.51. The van der Waals surface area contributed by atoms with E-state index in [4.69, 9.17) is 21.7 Å². The summed E-state index contributed by atoms with van der Waals surface area (Å²) in [6.07, 6.45) is 5.38. The topological polar surface area (TPSA) is 59.6 Å². The lowest BCUT2D eigenvalue weighted by atomic mass is 9.88. The Kier molecular flexibility index (Phi) is 5.96. The number of hydrogen-bond acceptors (Lipinski definition) is 5. The van der Waals surface area contributed by atoms with Crippen molar-refractivity contribution in [1.82, 2.24) is 5.32 Å². The number of ether oxygens (including phenoxy) is 2. The van der Waals surface area contributed by atoms with E-state index >= 15 is 0 Å². The van der Waals surface area contributed by atoms with Gasteiger partial charge in [0.1, 0.15) is 5.00 Å². The van der Waals surface area contributed by atoms with E-state index in [1.165, 1.54) is 12.0 Å². The zero-order valence-corrected chi connectivity index (χ0v) is 16.6. The molecule has 0 spiro atoms. The maximum Gasteiger partial charge on any atom is 0.341 e. The van der Waals surface area contributed by atoms with Gasteiger partial charge in [0.15, 0.2) is 5.11 Å². The van der Waals surface area contributed by atoms with Crippen LogP contribution in [-0.4, -0.2) is 36.9 Å². The first kappa shape index (κ1) is 18.6. The number of methoxy groups -OCH3 is 1. The van der Waals surface area contributed by atoms with Gasteiger partial charge < -0.3 is 20.1 Å². The lowest BCUT2D eigenvalue weighted by molar-refractivity contribution is 0.0600. The number of nitrogens with one attached hydrogen (secondary N) is 2. The number of hydrogen-bond donors (Lipinski definition) is 2. The molecule has 2 heterocycles. The number of carbonyl (C=O) groups excluding carboxylic acids is 1. The minimum absolute atomic E-state index is 0.138. The Hall–Kier alpha value is -1.18. The third-order valence-electron chi connectivity index (χ3n) is 5.01. The summed E-state index contributed by atoms with van der Waals surface area (Å²) in [5.41, 5.74) is 1.79. The van der Waals surface area contributed by atoms with Crippen LogP contribution >= 0.6 is 23.6 Å². The van der Waals surface area contributed by atoms with Crippen LogP contribution in [0.1, 0.15) is 53.9 Å². The van der Waals surface area contributed by atoms with Crippen molar-refractivity contribution < 1.29 is 14.3 Å². The number of anilines is 1. The highest BCUT2D eigenvalue weighted by atomic mass is 32.1. The summed E-state index contributed by atoms with van der Waals surface area (Å²) in [6.45, 7) is 5.15. The lowest BCUT2D eigenvalue weighted by Crippen LogP contribution is -2.42. The first-order valence-corrected chi connectivity index (χ1v) is 10.1. The van der Waals surface area contributed by atoms with E-state index in [0.717, 1.165) is 49.3 Å². The average molecular weight is 383 g/mol. The highest BCUT2D eigenvalue weighted by Crippen LogP contribution is 2.40. The van der Waals surface area contributed by atoms with Crippen LogP contribution in [0.4, 0.5) is 5.00 Å². The lowest BCUT2D eigenvalue weighted by Gasteiger charge is -2.22. The van der Waals surface area contributed by atoms with Crippen LogP contribution in [0, 0.1) is 5.92 Å². The largest absolute Gasteiger partial charge is 0.465 e. The van der Waals surface area contributed by atoms with Gasteiger partial charge in [0.25, 0.3) is 0 Å². The summed E-state index contributed by atoms with van der Waals surface area (Å²) in [5, 5.41) is 7.85. The maximum absolute atomic E-state index is 12.3. The van der Waals surface area contributed by atoms with E-state index in [1.807, 2.05) is 0 Å². The molecule has 1 aliphatic heterocycles. The Labute approximate surface area is 158 Å². The summed E-state index contributed by atoms with van der Waals surface area (Å²) < 4.78 is 10.7. The average Bonchev–Trinajstić information content (AvgIpc) is 3.21. The molecule has 1 fully saturated rings. The fraction of sp³-hybridized carbons (Fsp3) is 0.667. The summed E-state index contributed by atoms with van der Waals surface area (Å²) in [5.74, 6) is 0.360. The summed E-state index contributed by atoms with van der Waals surface area (Å²) in [6, 6.07) is 0.138. The zero-order valence-electron chi connectivity index (χ0n) is 15.0. The minimum atomic E-state index is -0.287. The SMILES string of the molecule is COC(=O)c1c(NC(=S)NC(C)C2CCCO2)sc2c1CCC(C)C2. The number of thiophene rings is 1. The second kappa shape index (κ2) is 8.01. The van der Waals surface area contributed by atoms with Crippen molar-refractivity contribution in [2.45, 2.75) is 58.1 Å². The molecule has 1 saturated heterocycles. The van der Waals surface area contributed by atoms with E-state index < -0.39 is 0 Å². The monoisotopic (exact) mass is 382 g/mol. The zero-order chi connectivity index (χ0) is 18.0. The van der Waals surface area contributed by atoms with Crippen molar-refractivity contribution in [3.8, 4) is 0 Å². The van der Waals surface area contributed by atoms with E-state index in [2.05, 4.69) is 24.5 Å². The number of thiocarbonyl (C=S) groups is 1. The molecule has 2 aliphatic rings. The molecular formula is C18H26N2O3S2. The number of esters is 1. The van der Waals surface area contributed by atoms with Crippen LogP contribution in [0.3, 0.4) is 0 Å². The molecule has 3 rings (SSSR count). The fourth-order valence-corrected chi connectivity index (χ4v) is 5.35. The van der Waals surface area contributed by atoms with Crippen LogP contribution < -0.4 is 10.6 Å². The number of rotatable bonds is 4. The highest BCUT2D eigenvalue weighted by Gasteiger charge is 2.29. The van der Waals surface area contributed by atoms with Gasteiger partial charge in [-0.15, -0.1) is 11.3 Å². The van der Waals surface area contributed by atoms with Crippen molar-refractivity contribution in [3.63, 3.8) is 0 Å². The molecule has 0 saturated carbocycles. The van der Waals surface area contributed by atoms with Crippen LogP contribution in [-0.2, 0) is 22.3 Å². The molecule has 3 atom stereocenters. The molecule has 5 nitrogen and oxygen atoms in total. The maximum atomic E-state index is 12.3. The van der Waals surface area contributed by atoms with Crippen molar-refractivity contribution in [2.75, 3.05) is 19.0 Å². The molecular weight excluding hydrogens is 356 g/mol. The molecule has 0 amide bonds. The second-order valence-corrected chi connectivity index (χ2v) is 8.50. The number of carbonyl (C=O) groups is 1. The van der Waals surface area contributed by atoms with E-state index in [-0.39, 0.29) is 18.1 Å². The van der Waals surface area contributed by atoms with Crippen LogP contribution in [0.5, 0.6) is 0 Å². The molecule has 2 N–H and O–H groups in total. The third kappa shape index (κ3) is 4.15. The Morgan fingerprint density at radius 3 is 2.92 bits per heavy atom. The quantitative estimate of drug-likeness (QED) is 0.614. The normalized spacial score (nSPS) is 23.6. The Balaban J connectivity index is 1.74. The molecule has 0 aromatic carbocycles. The summed E-state index contributed by atoms with van der Waals surface area (Å²) in [4.78, 5) is 13.6. The second-order valence-electron chi connectivity index (χ2n) is 6.99. The standard InChI is InChI=1S/C18H26N2O3S2/c1-10-6-7-12-14(9-10)25-16(15(12)17(21)22-3)20-18(24)19-11(2)13-5-4-8-23-13/h10-11,13H,4-9H2,1-3H3,(H2,19,20,24). The molecule has 7 heteroatoms. The molecule has 0 bridgehead atoms. The van der Waals surface area contributed by atoms with Crippen molar-refractivity contribution in [2.24, 2.45) is 5.92 Å². The Morgan fingerprint density at radius 1 is 1.44 bits per heavy atom. The molecule has 0 radical (unpaired) electrons. The van der Waals surface area contributed by atoms with Crippen molar-refractivity contribution >= 4 is 39.6 Å². The van der Waals surface area contributed by atoms with Gasteiger partial charge in [-0.2, -0.15) is 0 Å². The molecule has 3 unspecified atom stereocenters. The fourth-order valence-electron chi connectivity index (χ4n) is 3.59. The first-order chi connectivity index (χ1) is 12.0. The van der Waals surface area contributed by atoms with Crippen LogP contribution in [0.15, 0.2) is 0 Å². The van der Waals surface area contributed by atoms with Crippen LogP contribution in [0.2, 0.25) is 0 Å². The first-order valence-electron chi connectivity index (χ1n) is 8.91.